The van der Waals surface area contributed by atoms with Gasteiger partial charge in [-0.1, -0.05) is 55.8 Å². The van der Waals surface area contributed by atoms with Gasteiger partial charge in [0.25, 0.3) is 0 Å². The molecule has 0 saturated carbocycles. The van der Waals surface area contributed by atoms with E-state index >= 15 is 0 Å². The summed E-state index contributed by atoms with van der Waals surface area (Å²) in [4.78, 5) is 0. The monoisotopic (exact) mass is 380 g/mol. The van der Waals surface area contributed by atoms with Gasteiger partial charge in [-0.2, -0.15) is 0 Å². The molecular formula is C20H16ClF3O2. The molecule has 0 radical (unpaired) electrons. The van der Waals surface area contributed by atoms with Crippen molar-refractivity contribution in [1.29, 1.82) is 0 Å². The molecule has 0 spiro atoms. The van der Waals surface area contributed by atoms with Crippen LogP contribution in [-0.2, 0) is 0 Å². The molecule has 0 saturated heterocycles. The van der Waals surface area contributed by atoms with Gasteiger partial charge in [0.1, 0.15) is 16.5 Å². The first-order valence-electron chi connectivity index (χ1n) is 7.99. The SMILES string of the molecule is CC(C)c1ccc2cc(Oc3cccc(OC(F)(F)F)c3Cl)ccc2c1. The molecule has 0 fully saturated rings. The molecular weight excluding hydrogens is 365 g/mol. The van der Waals surface area contributed by atoms with Crippen LogP contribution in [0.3, 0.4) is 0 Å². The molecule has 6 heteroatoms. The fraction of sp³-hybridized carbons (Fsp3) is 0.200. The fourth-order valence-corrected chi connectivity index (χ4v) is 2.77. The predicted octanol–water partition coefficient (Wildman–Crippen LogP) is 7.31. The van der Waals surface area contributed by atoms with Gasteiger partial charge < -0.3 is 9.47 Å². The molecule has 0 aliphatic rings. The second kappa shape index (κ2) is 7.08. The van der Waals surface area contributed by atoms with E-state index in [4.69, 9.17) is 16.3 Å². The summed E-state index contributed by atoms with van der Waals surface area (Å²) in [6.45, 7) is 4.24. The highest BCUT2D eigenvalue weighted by Gasteiger charge is 2.32. The molecule has 3 aromatic rings. The number of benzene rings is 3. The van der Waals surface area contributed by atoms with Gasteiger partial charge in [0.15, 0.2) is 5.75 Å². The Hall–Kier alpha value is -2.40. The Morgan fingerprint density at radius 1 is 0.885 bits per heavy atom. The maximum absolute atomic E-state index is 12.4. The van der Waals surface area contributed by atoms with Gasteiger partial charge in [0.2, 0.25) is 0 Å². The summed E-state index contributed by atoms with van der Waals surface area (Å²) < 4.78 is 46.8. The van der Waals surface area contributed by atoms with Gasteiger partial charge in [0, 0.05) is 0 Å². The van der Waals surface area contributed by atoms with Crippen LogP contribution in [0.25, 0.3) is 10.8 Å². The largest absolute Gasteiger partial charge is 0.573 e. The zero-order valence-corrected chi connectivity index (χ0v) is 14.9. The van der Waals surface area contributed by atoms with Crippen molar-refractivity contribution in [3.05, 3.63) is 65.2 Å². The lowest BCUT2D eigenvalue weighted by atomic mass is 9.99. The Bertz CT molecular complexity index is 936. The average molecular weight is 381 g/mol. The summed E-state index contributed by atoms with van der Waals surface area (Å²) in [6.07, 6.45) is -4.82. The number of alkyl halides is 3. The highest BCUT2D eigenvalue weighted by molar-refractivity contribution is 6.33. The molecule has 0 unspecified atom stereocenters. The first-order valence-corrected chi connectivity index (χ1v) is 8.36. The topological polar surface area (TPSA) is 18.5 Å². The first kappa shape index (κ1) is 18.4. The van der Waals surface area contributed by atoms with E-state index in [1.807, 2.05) is 24.3 Å². The minimum atomic E-state index is -4.82. The van der Waals surface area contributed by atoms with E-state index in [-0.39, 0.29) is 10.8 Å². The van der Waals surface area contributed by atoms with Gasteiger partial charge in [0.05, 0.1) is 0 Å². The Labute approximate surface area is 154 Å². The van der Waals surface area contributed by atoms with E-state index in [0.717, 1.165) is 16.8 Å². The molecule has 0 bridgehead atoms. The zero-order chi connectivity index (χ0) is 18.9. The minimum absolute atomic E-state index is 0.0894. The molecule has 0 aromatic heterocycles. The van der Waals surface area contributed by atoms with Crippen LogP contribution in [0, 0.1) is 0 Å². The van der Waals surface area contributed by atoms with Crippen LogP contribution in [0.2, 0.25) is 5.02 Å². The van der Waals surface area contributed by atoms with Gasteiger partial charge in [-0.25, -0.2) is 0 Å². The summed E-state index contributed by atoms with van der Waals surface area (Å²) >= 11 is 5.99. The Balaban J connectivity index is 1.89. The normalized spacial score (nSPS) is 11.8. The van der Waals surface area contributed by atoms with Gasteiger partial charge >= 0.3 is 6.36 Å². The van der Waals surface area contributed by atoms with Crippen molar-refractivity contribution in [2.75, 3.05) is 0 Å². The van der Waals surface area contributed by atoms with E-state index in [9.17, 15) is 13.2 Å². The summed E-state index contributed by atoms with van der Waals surface area (Å²) in [5.74, 6) is 0.483. The highest BCUT2D eigenvalue weighted by Crippen LogP contribution is 2.39. The van der Waals surface area contributed by atoms with Crippen molar-refractivity contribution in [2.24, 2.45) is 0 Å². The van der Waals surface area contributed by atoms with Crippen molar-refractivity contribution < 1.29 is 22.6 Å². The Morgan fingerprint density at radius 2 is 1.54 bits per heavy atom. The molecule has 2 nitrogen and oxygen atoms in total. The third kappa shape index (κ3) is 4.22. The quantitative estimate of drug-likeness (QED) is 0.472. The van der Waals surface area contributed by atoms with Crippen molar-refractivity contribution in [2.45, 2.75) is 26.1 Å². The maximum Gasteiger partial charge on any atom is 0.573 e. The Kier molecular flexibility index (Phi) is 5.01. The highest BCUT2D eigenvalue weighted by atomic mass is 35.5. The van der Waals surface area contributed by atoms with Crippen LogP contribution < -0.4 is 9.47 Å². The molecule has 3 rings (SSSR count). The van der Waals surface area contributed by atoms with Gasteiger partial charge in [-0.15, -0.1) is 13.2 Å². The molecule has 0 atom stereocenters. The molecule has 0 amide bonds. The summed E-state index contributed by atoms with van der Waals surface area (Å²) in [5, 5.41) is 1.79. The third-order valence-electron chi connectivity index (χ3n) is 3.88. The number of ether oxygens (including phenoxy) is 2. The van der Waals surface area contributed by atoms with Crippen molar-refractivity contribution in [3.8, 4) is 17.2 Å². The van der Waals surface area contributed by atoms with E-state index in [1.54, 1.807) is 6.07 Å². The van der Waals surface area contributed by atoms with E-state index in [0.29, 0.717) is 11.7 Å². The minimum Gasteiger partial charge on any atom is -0.456 e. The van der Waals surface area contributed by atoms with Crippen LogP contribution in [0.15, 0.2) is 54.6 Å². The smallest absolute Gasteiger partial charge is 0.456 e. The molecule has 0 heterocycles. The van der Waals surface area contributed by atoms with E-state index in [2.05, 4.69) is 24.7 Å². The van der Waals surface area contributed by atoms with Crippen LogP contribution >= 0.6 is 11.6 Å². The fourth-order valence-electron chi connectivity index (χ4n) is 2.56. The predicted molar refractivity (Wildman–Crippen MR) is 96.2 cm³/mol. The van der Waals surface area contributed by atoms with Crippen molar-refractivity contribution in [3.63, 3.8) is 0 Å². The van der Waals surface area contributed by atoms with Gasteiger partial charge in [-0.05, 0) is 46.5 Å². The average Bonchev–Trinajstić information content (AvgIpc) is 2.56. The summed E-state index contributed by atoms with van der Waals surface area (Å²) in [6, 6.07) is 15.6. The number of hydrogen-bond donors (Lipinski definition) is 0. The molecule has 136 valence electrons. The first-order chi connectivity index (χ1) is 12.2. The molecule has 0 aliphatic carbocycles. The lowest BCUT2D eigenvalue weighted by Crippen LogP contribution is -2.17. The lowest BCUT2D eigenvalue weighted by molar-refractivity contribution is -0.274. The molecule has 0 aliphatic heterocycles. The van der Waals surface area contributed by atoms with Crippen LogP contribution in [0.5, 0.6) is 17.2 Å². The van der Waals surface area contributed by atoms with Crippen molar-refractivity contribution in [1.82, 2.24) is 0 Å². The second-order valence-electron chi connectivity index (χ2n) is 6.14. The zero-order valence-electron chi connectivity index (χ0n) is 14.1. The lowest BCUT2D eigenvalue weighted by Gasteiger charge is -2.14. The van der Waals surface area contributed by atoms with Crippen LogP contribution in [0.4, 0.5) is 13.2 Å². The molecule has 3 aromatic carbocycles. The molecule has 26 heavy (non-hydrogen) atoms. The number of fused-ring (bicyclic) bond motifs is 1. The van der Waals surface area contributed by atoms with Crippen LogP contribution in [0.1, 0.15) is 25.3 Å². The third-order valence-corrected chi connectivity index (χ3v) is 4.26. The maximum atomic E-state index is 12.4. The summed E-state index contributed by atoms with van der Waals surface area (Å²) in [5.41, 5.74) is 1.23. The van der Waals surface area contributed by atoms with E-state index in [1.165, 1.54) is 17.7 Å². The summed E-state index contributed by atoms with van der Waals surface area (Å²) in [7, 11) is 0. The number of rotatable bonds is 4. The van der Waals surface area contributed by atoms with Gasteiger partial charge in [-0.3, -0.25) is 0 Å². The standard InChI is InChI=1S/C20H16ClF3O2/c1-12(2)13-6-7-15-11-16(9-8-14(15)10-13)25-17-4-3-5-18(19(17)21)26-20(22,23)24/h3-12H,1-2H3. The van der Waals surface area contributed by atoms with Crippen molar-refractivity contribution >= 4 is 22.4 Å². The van der Waals surface area contributed by atoms with E-state index < -0.39 is 12.1 Å². The second-order valence-corrected chi connectivity index (χ2v) is 6.52. The molecule has 0 N–H and O–H groups in total. The number of hydrogen-bond acceptors (Lipinski definition) is 2. The number of halogens is 4. The van der Waals surface area contributed by atoms with Crippen LogP contribution in [-0.4, -0.2) is 6.36 Å². The Morgan fingerprint density at radius 3 is 2.23 bits per heavy atom.